The highest BCUT2D eigenvalue weighted by molar-refractivity contribution is 7.45. The van der Waals surface area contributed by atoms with E-state index in [0.29, 0.717) is 17.4 Å². The van der Waals surface area contributed by atoms with Crippen molar-refractivity contribution in [1.82, 2.24) is 0 Å². The summed E-state index contributed by atoms with van der Waals surface area (Å²) in [5.41, 5.74) is 0. The van der Waals surface area contributed by atoms with Crippen LogP contribution in [0.4, 0.5) is 0 Å². The van der Waals surface area contributed by atoms with Crippen molar-refractivity contribution in [3.63, 3.8) is 0 Å². The normalized spacial score (nSPS) is 12.9. The van der Waals surface area contributed by atoms with Crippen molar-refractivity contribution in [2.75, 3.05) is 47.5 Å². The van der Waals surface area contributed by atoms with E-state index in [2.05, 4.69) is 37.5 Å². The maximum absolute atomic E-state index is 12.7. The predicted molar refractivity (Wildman–Crippen MR) is 233 cm³/mol. The maximum atomic E-state index is 12.7. The standard InChI is InChI=1S/C47H86NO8P/c1-6-8-10-12-14-16-18-20-21-22-23-24-25-26-28-30-32-34-36-38-40-47(50)56-45(44-55-57(51,52)54-42-41-48(3,4)5)43-53-46(49)39-37-35-33-31-29-27-19-17-15-13-11-9-7-2/h45H,6-21,26-44H2,1-5H3/t45-/m1/s1. The van der Waals surface area contributed by atoms with Crippen molar-refractivity contribution >= 4 is 19.8 Å². The van der Waals surface area contributed by atoms with Crippen LogP contribution in [0.5, 0.6) is 0 Å². The van der Waals surface area contributed by atoms with E-state index in [-0.39, 0.29) is 26.1 Å². The number of carbonyl (C=O) groups is 2. The Morgan fingerprint density at radius 2 is 0.930 bits per heavy atom. The fourth-order valence-electron chi connectivity index (χ4n) is 6.29. The first-order valence-corrected chi connectivity index (χ1v) is 24.7. The highest BCUT2D eigenvalue weighted by Gasteiger charge is 2.21. The van der Waals surface area contributed by atoms with Crippen LogP contribution in [0.2, 0.25) is 0 Å². The van der Waals surface area contributed by atoms with Crippen LogP contribution in [0.25, 0.3) is 0 Å². The van der Waals surface area contributed by atoms with Gasteiger partial charge in [0.2, 0.25) is 0 Å². The van der Waals surface area contributed by atoms with E-state index in [1.165, 1.54) is 116 Å². The molecule has 0 bridgehead atoms. The van der Waals surface area contributed by atoms with Gasteiger partial charge in [0.05, 0.1) is 27.7 Å². The summed E-state index contributed by atoms with van der Waals surface area (Å²) in [4.78, 5) is 37.5. The highest BCUT2D eigenvalue weighted by Crippen LogP contribution is 2.38. The molecule has 0 aliphatic carbocycles. The van der Waals surface area contributed by atoms with Gasteiger partial charge in [-0.05, 0) is 37.5 Å². The van der Waals surface area contributed by atoms with Crippen molar-refractivity contribution < 1.29 is 42.1 Å². The first kappa shape index (κ1) is 55.1. The van der Waals surface area contributed by atoms with Gasteiger partial charge in [0.15, 0.2) is 6.10 Å². The molecule has 0 amide bonds. The Labute approximate surface area is 351 Å². The van der Waals surface area contributed by atoms with E-state index < -0.39 is 32.5 Å². The number of quaternary nitrogens is 1. The Hall–Kier alpha value is -1.87. The van der Waals surface area contributed by atoms with E-state index in [4.69, 9.17) is 18.5 Å². The summed E-state index contributed by atoms with van der Waals surface area (Å²) in [5.74, 6) is 11.5. The Morgan fingerprint density at radius 1 is 0.544 bits per heavy atom. The highest BCUT2D eigenvalue weighted by atomic mass is 31.2. The summed E-state index contributed by atoms with van der Waals surface area (Å²) < 4.78 is 33.9. The molecule has 0 aliphatic heterocycles. The van der Waals surface area contributed by atoms with E-state index in [1.54, 1.807) is 0 Å². The first-order chi connectivity index (χ1) is 27.5. The van der Waals surface area contributed by atoms with Crippen molar-refractivity contribution in [3.8, 4) is 23.7 Å². The molecule has 9 nitrogen and oxygen atoms in total. The molecule has 0 aliphatic rings. The Balaban J connectivity index is 4.34. The third-order valence-corrected chi connectivity index (χ3v) is 10.9. The number of esters is 2. The Bertz CT molecular complexity index is 1130. The second-order valence-corrected chi connectivity index (χ2v) is 18.2. The van der Waals surface area contributed by atoms with Gasteiger partial charge in [-0.15, -0.1) is 0 Å². The number of phosphoric acid groups is 1. The van der Waals surface area contributed by atoms with Crippen LogP contribution >= 0.6 is 7.82 Å². The largest absolute Gasteiger partial charge is 0.756 e. The van der Waals surface area contributed by atoms with Gasteiger partial charge in [0, 0.05) is 25.7 Å². The summed E-state index contributed by atoms with van der Waals surface area (Å²) in [7, 11) is 1.14. The Kier molecular flexibility index (Phi) is 38.3. The maximum Gasteiger partial charge on any atom is 0.306 e. The van der Waals surface area contributed by atoms with E-state index in [1.807, 2.05) is 21.1 Å². The van der Waals surface area contributed by atoms with Crippen molar-refractivity contribution in [3.05, 3.63) is 0 Å². The lowest BCUT2D eigenvalue weighted by atomic mass is 10.0. The molecular formula is C47H86NO8P. The van der Waals surface area contributed by atoms with Gasteiger partial charge >= 0.3 is 11.9 Å². The average molecular weight is 824 g/mol. The molecule has 0 spiro atoms. The topological polar surface area (TPSA) is 111 Å². The van der Waals surface area contributed by atoms with Gasteiger partial charge in [-0.1, -0.05) is 173 Å². The molecular weight excluding hydrogens is 737 g/mol. The molecule has 10 heteroatoms. The number of ether oxygens (including phenoxy) is 2. The average Bonchev–Trinajstić information content (AvgIpc) is 3.16. The van der Waals surface area contributed by atoms with Crippen LogP contribution in [0.3, 0.4) is 0 Å². The van der Waals surface area contributed by atoms with E-state index in [0.717, 1.165) is 64.2 Å². The fraction of sp³-hybridized carbons (Fsp3) is 0.872. The molecule has 0 aromatic rings. The number of hydrogen-bond acceptors (Lipinski definition) is 8. The van der Waals surface area contributed by atoms with Crippen LogP contribution in [0, 0.1) is 23.7 Å². The number of rotatable bonds is 40. The molecule has 0 saturated heterocycles. The van der Waals surface area contributed by atoms with Crippen molar-refractivity contribution in [1.29, 1.82) is 0 Å². The lowest BCUT2D eigenvalue weighted by molar-refractivity contribution is -0.870. The second-order valence-electron chi connectivity index (χ2n) is 16.8. The quantitative estimate of drug-likeness (QED) is 0.0197. The third kappa shape index (κ3) is 43.5. The summed E-state index contributed by atoms with van der Waals surface area (Å²) in [6, 6.07) is 0. The third-order valence-electron chi connectivity index (χ3n) is 9.97. The van der Waals surface area contributed by atoms with Crippen molar-refractivity contribution in [2.45, 2.75) is 219 Å². The zero-order chi connectivity index (χ0) is 42.1. The summed E-state index contributed by atoms with van der Waals surface area (Å²) in [6.07, 6.45) is 33.3. The Morgan fingerprint density at radius 3 is 1.35 bits per heavy atom. The van der Waals surface area contributed by atoms with Crippen LogP contribution in [-0.2, 0) is 32.7 Å². The fourth-order valence-corrected chi connectivity index (χ4v) is 7.02. The minimum atomic E-state index is -4.63. The van der Waals surface area contributed by atoms with Gasteiger partial charge in [-0.2, -0.15) is 0 Å². The number of phosphoric ester groups is 1. The van der Waals surface area contributed by atoms with Gasteiger partial charge < -0.3 is 27.9 Å². The summed E-state index contributed by atoms with van der Waals surface area (Å²) >= 11 is 0. The molecule has 0 heterocycles. The monoisotopic (exact) mass is 824 g/mol. The number of unbranched alkanes of at least 4 members (excludes halogenated alkanes) is 26. The molecule has 0 aromatic heterocycles. The molecule has 57 heavy (non-hydrogen) atoms. The van der Waals surface area contributed by atoms with Crippen molar-refractivity contribution in [2.24, 2.45) is 0 Å². The minimum Gasteiger partial charge on any atom is -0.756 e. The number of carbonyl (C=O) groups excluding carboxylic acids is 2. The molecule has 0 N–H and O–H groups in total. The van der Waals surface area contributed by atoms with Gasteiger partial charge in [-0.3, -0.25) is 14.2 Å². The van der Waals surface area contributed by atoms with E-state index >= 15 is 0 Å². The number of likely N-dealkylation sites (N-methyl/N-ethyl adjacent to an activating group) is 1. The molecule has 0 fully saturated rings. The number of hydrogen-bond donors (Lipinski definition) is 0. The molecule has 1 unspecified atom stereocenters. The summed E-state index contributed by atoms with van der Waals surface area (Å²) in [6.45, 7) is 4.18. The lowest BCUT2D eigenvalue weighted by Crippen LogP contribution is -2.37. The predicted octanol–water partition coefficient (Wildman–Crippen LogP) is 11.8. The smallest absolute Gasteiger partial charge is 0.306 e. The van der Waals surface area contributed by atoms with Crippen LogP contribution in [-0.4, -0.2) is 70.0 Å². The molecule has 0 radical (unpaired) electrons. The van der Waals surface area contributed by atoms with Crippen LogP contribution < -0.4 is 4.89 Å². The molecule has 332 valence electrons. The van der Waals surface area contributed by atoms with Gasteiger partial charge in [0.1, 0.15) is 19.8 Å². The molecule has 0 aromatic carbocycles. The van der Waals surface area contributed by atoms with Gasteiger partial charge in [-0.25, -0.2) is 0 Å². The first-order valence-electron chi connectivity index (χ1n) is 23.2. The number of nitrogens with zero attached hydrogens (tertiary/aromatic N) is 1. The lowest BCUT2D eigenvalue weighted by Gasteiger charge is -2.28. The molecule has 0 rings (SSSR count). The zero-order valence-electron chi connectivity index (χ0n) is 37.5. The summed E-state index contributed by atoms with van der Waals surface area (Å²) in [5, 5.41) is 0. The van der Waals surface area contributed by atoms with Crippen LogP contribution in [0.15, 0.2) is 0 Å². The molecule has 2 atom stereocenters. The zero-order valence-corrected chi connectivity index (χ0v) is 38.4. The van der Waals surface area contributed by atoms with E-state index in [9.17, 15) is 19.0 Å². The molecule has 0 saturated carbocycles. The second kappa shape index (κ2) is 39.6. The minimum absolute atomic E-state index is 0.0373. The SMILES string of the molecule is CCCCCCCCCCC#CC#CCCCCCCCCC(=O)O[C@H](COC(=O)CCCCCCCCCCCCCCC)COP(=O)([O-])OCC[N+](C)(C)C. The van der Waals surface area contributed by atoms with Gasteiger partial charge in [0.25, 0.3) is 7.82 Å². The van der Waals surface area contributed by atoms with Crippen LogP contribution in [0.1, 0.15) is 213 Å².